The van der Waals surface area contributed by atoms with Crippen LogP contribution in [0.25, 0.3) is 0 Å². The maximum Gasteiger partial charge on any atom is 0.0701 e. The SMILES string of the molecule is CCCOCCOCCOCCOCCOCCCCCCC(C)(C)C. The Bertz CT molecular complexity index is 266. The van der Waals surface area contributed by atoms with E-state index in [0.29, 0.717) is 58.3 Å². The highest BCUT2D eigenvalue weighted by Gasteiger charge is 2.08. The third kappa shape index (κ3) is 23.8. The molecule has 0 aliphatic heterocycles. The fourth-order valence-corrected chi connectivity index (χ4v) is 2.34. The first kappa shape index (κ1) is 25.8. The van der Waals surface area contributed by atoms with Gasteiger partial charge in [0.2, 0.25) is 0 Å². The molecule has 0 heterocycles. The fourth-order valence-electron chi connectivity index (χ4n) is 2.34. The smallest absolute Gasteiger partial charge is 0.0701 e. The third-order valence-electron chi connectivity index (χ3n) is 3.80. The molecule has 0 aromatic heterocycles. The molecule has 0 amide bonds. The Balaban J connectivity index is 3.01. The monoisotopic (exact) mass is 376 g/mol. The predicted molar refractivity (Wildman–Crippen MR) is 107 cm³/mol. The van der Waals surface area contributed by atoms with Crippen LogP contribution in [-0.2, 0) is 23.7 Å². The van der Waals surface area contributed by atoms with Gasteiger partial charge in [-0.3, -0.25) is 0 Å². The number of unbranched alkanes of at least 4 members (excludes halogenated alkanes) is 3. The van der Waals surface area contributed by atoms with Gasteiger partial charge in [0.1, 0.15) is 0 Å². The molecular formula is C21H44O5. The summed E-state index contributed by atoms with van der Waals surface area (Å²) in [5, 5.41) is 0. The van der Waals surface area contributed by atoms with Crippen molar-refractivity contribution >= 4 is 0 Å². The molecule has 0 unspecified atom stereocenters. The normalized spacial score (nSPS) is 12.0. The fraction of sp³-hybridized carbons (Fsp3) is 1.00. The van der Waals surface area contributed by atoms with Gasteiger partial charge in [-0.15, -0.1) is 0 Å². The van der Waals surface area contributed by atoms with Crippen LogP contribution in [0.15, 0.2) is 0 Å². The zero-order valence-corrected chi connectivity index (χ0v) is 17.9. The van der Waals surface area contributed by atoms with E-state index in [-0.39, 0.29) is 0 Å². The van der Waals surface area contributed by atoms with E-state index in [0.717, 1.165) is 26.1 Å². The summed E-state index contributed by atoms with van der Waals surface area (Å²) in [6, 6.07) is 0. The molecule has 0 aromatic rings. The summed E-state index contributed by atoms with van der Waals surface area (Å²) in [6.07, 6.45) is 7.40. The number of hydrogen-bond donors (Lipinski definition) is 0. The van der Waals surface area contributed by atoms with Gasteiger partial charge in [0, 0.05) is 13.2 Å². The Labute approximate surface area is 162 Å². The lowest BCUT2D eigenvalue weighted by atomic mass is 9.89. The number of rotatable bonds is 20. The lowest BCUT2D eigenvalue weighted by Crippen LogP contribution is -2.13. The molecule has 26 heavy (non-hydrogen) atoms. The minimum absolute atomic E-state index is 0.466. The summed E-state index contributed by atoms with van der Waals surface area (Å²) in [5.41, 5.74) is 0.466. The van der Waals surface area contributed by atoms with Gasteiger partial charge in [0.25, 0.3) is 0 Å². The van der Waals surface area contributed by atoms with E-state index in [9.17, 15) is 0 Å². The van der Waals surface area contributed by atoms with E-state index < -0.39 is 0 Å². The maximum absolute atomic E-state index is 5.58. The van der Waals surface area contributed by atoms with Crippen LogP contribution in [0.1, 0.15) is 66.2 Å². The summed E-state index contributed by atoms with van der Waals surface area (Å²) in [4.78, 5) is 0. The molecule has 0 radical (unpaired) electrons. The Kier molecular flexibility index (Phi) is 19.4. The van der Waals surface area contributed by atoms with Crippen molar-refractivity contribution < 1.29 is 23.7 Å². The summed E-state index contributed by atoms with van der Waals surface area (Å²) in [7, 11) is 0. The van der Waals surface area contributed by atoms with Gasteiger partial charge in [0.15, 0.2) is 0 Å². The van der Waals surface area contributed by atoms with Crippen LogP contribution < -0.4 is 0 Å². The first-order valence-electron chi connectivity index (χ1n) is 10.4. The molecule has 0 fully saturated rings. The summed E-state index contributed by atoms with van der Waals surface area (Å²) < 4.78 is 27.2. The van der Waals surface area contributed by atoms with E-state index in [1.165, 1.54) is 25.7 Å². The van der Waals surface area contributed by atoms with E-state index in [2.05, 4.69) is 27.7 Å². The zero-order valence-electron chi connectivity index (χ0n) is 17.9. The van der Waals surface area contributed by atoms with Crippen molar-refractivity contribution in [3.63, 3.8) is 0 Å². The van der Waals surface area contributed by atoms with Crippen LogP contribution in [0, 0.1) is 5.41 Å². The Morgan fingerprint density at radius 1 is 0.462 bits per heavy atom. The molecule has 0 atom stereocenters. The van der Waals surface area contributed by atoms with Gasteiger partial charge < -0.3 is 23.7 Å². The summed E-state index contributed by atoms with van der Waals surface area (Å²) in [5.74, 6) is 0. The van der Waals surface area contributed by atoms with Gasteiger partial charge in [0.05, 0.1) is 52.9 Å². The van der Waals surface area contributed by atoms with E-state index >= 15 is 0 Å². The second-order valence-corrected chi connectivity index (χ2v) is 7.79. The van der Waals surface area contributed by atoms with Crippen LogP contribution in [0.5, 0.6) is 0 Å². The second-order valence-electron chi connectivity index (χ2n) is 7.79. The molecule has 5 heteroatoms. The molecule has 0 N–H and O–H groups in total. The summed E-state index contributed by atoms with van der Waals surface area (Å²) >= 11 is 0. The molecular weight excluding hydrogens is 332 g/mol. The van der Waals surface area contributed by atoms with Crippen LogP contribution in [0.3, 0.4) is 0 Å². The van der Waals surface area contributed by atoms with Gasteiger partial charge >= 0.3 is 0 Å². The van der Waals surface area contributed by atoms with Gasteiger partial charge in [-0.2, -0.15) is 0 Å². The number of ether oxygens (including phenoxy) is 5. The highest BCUT2D eigenvalue weighted by Crippen LogP contribution is 2.22. The van der Waals surface area contributed by atoms with Crippen molar-refractivity contribution in [3.8, 4) is 0 Å². The van der Waals surface area contributed by atoms with Crippen LogP contribution in [0.2, 0.25) is 0 Å². The van der Waals surface area contributed by atoms with E-state index in [4.69, 9.17) is 23.7 Å². The molecule has 0 aromatic carbocycles. The first-order valence-corrected chi connectivity index (χ1v) is 10.4. The van der Waals surface area contributed by atoms with Crippen molar-refractivity contribution in [2.45, 2.75) is 66.2 Å². The largest absolute Gasteiger partial charge is 0.379 e. The van der Waals surface area contributed by atoms with Crippen molar-refractivity contribution in [2.24, 2.45) is 5.41 Å². The molecule has 0 aliphatic rings. The summed E-state index contributed by atoms with van der Waals surface area (Å²) in [6.45, 7) is 15.7. The lowest BCUT2D eigenvalue weighted by molar-refractivity contribution is -0.0111. The van der Waals surface area contributed by atoms with Gasteiger partial charge in [-0.05, 0) is 24.7 Å². The third-order valence-corrected chi connectivity index (χ3v) is 3.80. The highest BCUT2D eigenvalue weighted by atomic mass is 16.6. The highest BCUT2D eigenvalue weighted by molar-refractivity contribution is 4.60. The quantitative estimate of drug-likeness (QED) is 0.293. The minimum Gasteiger partial charge on any atom is -0.379 e. The topological polar surface area (TPSA) is 46.2 Å². The molecule has 5 nitrogen and oxygen atoms in total. The number of hydrogen-bond acceptors (Lipinski definition) is 5. The Morgan fingerprint density at radius 3 is 1.27 bits per heavy atom. The average molecular weight is 377 g/mol. The lowest BCUT2D eigenvalue weighted by Gasteiger charge is -2.17. The van der Waals surface area contributed by atoms with Crippen LogP contribution in [0.4, 0.5) is 0 Å². The molecule has 158 valence electrons. The molecule has 0 saturated carbocycles. The van der Waals surface area contributed by atoms with E-state index in [1.54, 1.807) is 0 Å². The van der Waals surface area contributed by atoms with Crippen LogP contribution in [-0.4, -0.2) is 66.1 Å². The van der Waals surface area contributed by atoms with Crippen molar-refractivity contribution in [1.82, 2.24) is 0 Å². The van der Waals surface area contributed by atoms with Crippen molar-refractivity contribution in [1.29, 1.82) is 0 Å². The van der Waals surface area contributed by atoms with Crippen molar-refractivity contribution in [3.05, 3.63) is 0 Å². The molecule has 0 aliphatic carbocycles. The standard InChI is InChI=1S/C21H44O5/c1-5-11-22-13-15-24-17-19-26-20-18-25-16-14-23-12-9-7-6-8-10-21(2,3)4/h5-20H2,1-4H3. The Hall–Kier alpha value is -0.200. The first-order chi connectivity index (χ1) is 12.6. The predicted octanol–water partition coefficient (Wildman–Crippen LogP) is 4.48. The van der Waals surface area contributed by atoms with Gasteiger partial charge in [-0.1, -0.05) is 47.0 Å². The average Bonchev–Trinajstić information content (AvgIpc) is 2.59. The molecule has 0 bridgehead atoms. The minimum atomic E-state index is 0.466. The molecule has 0 saturated heterocycles. The Morgan fingerprint density at radius 2 is 0.846 bits per heavy atom. The van der Waals surface area contributed by atoms with Crippen LogP contribution >= 0.6 is 0 Å². The van der Waals surface area contributed by atoms with E-state index in [1.807, 2.05) is 0 Å². The van der Waals surface area contributed by atoms with Crippen molar-refractivity contribution in [2.75, 3.05) is 66.1 Å². The zero-order chi connectivity index (χ0) is 19.3. The molecule has 0 spiro atoms. The molecule has 0 rings (SSSR count). The van der Waals surface area contributed by atoms with Gasteiger partial charge in [-0.25, -0.2) is 0 Å². The maximum atomic E-state index is 5.58. The second kappa shape index (κ2) is 19.6.